The predicted molar refractivity (Wildman–Crippen MR) is 45.6 cm³/mol. The van der Waals surface area contributed by atoms with Gasteiger partial charge in [0.1, 0.15) is 5.82 Å². The van der Waals surface area contributed by atoms with Crippen molar-refractivity contribution in [2.24, 2.45) is 0 Å². The van der Waals surface area contributed by atoms with Gasteiger partial charge >= 0.3 is 0 Å². The summed E-state index contributed by atoms with van der Waals surface area (Å²) in [5.41, 5.74) is 0.852. The van der Waals surface area contributed by atoms with E-state index in [0.29, 0.717) is 0 Å². The molecule has 0 aliphatic rings. The molecule has 0 saturated carbocycles. The Kier molecular flexibility index (Phi) is 2.61. The van der Waals surface area contributed by atoms with Gasteiger partial charge in [-0.1, -0.05) is 36.9 Å². The largest absolute Gasteiger partial charge is 0.207 e. The second kappa shape index (κ2) is 3.71. The zero-order chi connectivity index (χ0) is 8.10. The van der Waals surface area contributed by atoms with Crippen molar-refractivity contribution in [2.75, 3.05) is 0 Å². The van der Waals surface area contributed by atoms with Crippen LogP contribution in [0.15, 0.2) is 43.0 Å². The molecule has 0 atom stereocenters. The van der Waals surface area contributed by atoms with Gasteiger partial charge in [0.25, 0.3) is 0 Å². The van der Waals surface area contributed by atoms with Crippen LogP contribution in [0.25, 0.3) is 6.08 Å². The molecule has 1 rings (SSSR count). The second-order valence-corrected chi connectivity index (χ2v) is 2.15. The average molecular weight is 148 g/mol. The smallest absolute Gasteiger partial charge is 0.123 e. The fraction of sp³-hybridized carbons (Fsp3) is 0. The van der Waals surface area contributed by atoms with Gasteiger partial charge < -0.3 is 0 Å². The van der Waals surface area contributed by atoms with Crippen molar-refractivity contribution in [3.8, 4) is 0 Å². The number of benzene rings is 1. The minimum absolute atomic E-state index is 0.212. The molecule has 0 heterocycles. The molecular formula is C10H9F. The zero-order valence-corrected chi connectivity index (χ0v) is 6.13. The third-order valence-corrected chi connectivity index (χ3v) is 1.27. The third-order valence-electron chi connectivity index (χ3n) is 1.27. The first kappa shape index (κ1) is 7.73. The molecule has 0 saturated heterocycles. The maximum absolute atomic E-state index is 12.5. The summed E-state index contributed by atoms with van der Waals surface area (Å²) in [5.74, 6) is -0.212. The molecular weight excluding hydrogens is 139 g/mol. The number of allylic oxidation sites excluding steroid dienone is 2. The number of hydrogen-bond donors (Lipinski definition) is 0. The van der Waals surface area contributed by atoms with Gasteiger partial charge in [0.2, 0.25) is 0 Å². The van der Waals surface area contributed by atoms with Crippen molar-refractivity contribution in [1.82, 2.24) is 0 Å². The van der Waals surface area contributed by atoms with Gasteiger partial charge in [-0.15, -0.1) is 0 Å². The highest BCUT2D eigenvalue weighted by molar-refractivity contribution is 5.50. The minimum atomic E-state index is -0.212. The molecule has 1 aromatic rings. The molecule has 1 aromatic carbocycles. The Balaban J connectivity index is 2.87. The summed E-state index contributed by atoms with van der Waals surface area (Å²) in [4.78, 5) is 0. The van der Waals surface area contributed by atoms with Crippen LogP contribution in [0.2, 0.25) is 0 Å². The van der Waals surface area contributed by atoms with Crippen molar-refractivity contribution >= 4 is 6.08 Å². The van der Waals surface area contributed by atoms with Crippen LogP contribution in [-0.2, 0) is 0 Å². The Hall–Kier alpha value is -1.37. The second-order valence-electron chi connectivity index (χ2n) is 2.15. The molecule has 0 aliphatic heterocycles. The van der Waals surface area contributed by atoms with E-state index in [0.717, 1.165) is 5.56 Å². The van der Waals surface area contributed by atoms with Crippen LogP contribution in [0.5, 0.6) is 0 Å². The van der Waals surface area contributed by atoms with Crippen LogP contribution in [0, 0.1) is 5.82 Å². The maximum Gasteiger partial charge on any atom is 0.123 e. The van der Waals surface area contributed by atoms with Crippen molar-refractivity contribution in [1.29, 1.82) is 0 Å². The molecule has 1 heteroatoms. The lowest BCUT2D eigenvalue weighted by molar-refractivity contribution is 0.627. The van der Waals surface area contributed by atoms with Gasteiger partial charge in [-0.2, -0.15) is 0 Å². The van der Waals surface area contributed by atoms with Crippen LogP contribution in [-0.4, -0.2) is 0 Å². The van der Waals surface area contributed by atoms with E-state index < -0.39 is 0 Å². The van der Waals surface area contributed by atoms with E-state index in [1.807, 2.05) is 6.07 Å². The molecule has 0 aliphatic carbocycles. The van der Waals surface area contributed by atoms with E-state index in [9.17, 15) is 4.39 Å². The third kappa shape index (κ3) is 2.38. The van der Waals surface area contributed by atoms with Gasteiger partial charge in [0.15, 0.2) is 0 Å². The summed E-state index contributed by atoms with van der Waals surface area (Å²) >= 11 is 0. The molecule has 0 fully saturated rings. The van der Waals surface area contributed by atoms with Crippen molar-refractivity contribution < 1.29 is 4.39 Å². The van der Waals surface area contributed by atoms with E-state index in [-0.39, 0.29) is 5.82 Å². The molecule has 0 N–H and O–H groups in total. The van der Waals surface area contributed by atoms with E-state index in [2.05, 4.69) is 6.58 Å². The Morgan fingerprint density at radius 1 is 1.36 bits per heavy atom. The van der Waals surface area contributed by atoms with E-state index in [4.69, 9.17) is 0 Å². The minimum Gasteiger partial charge on any atom is -0.207 e. The lowest BCUT2D eigenvalue weighted by atomic mass is 10.2. The molecule has 0 spiro atoms. The standard InChI is InChI=1S/C10H9F/c1-2-3-5-9-6-4-7-10(11)8-9/h2-8H,1H2/b5-3+. The van der Waals surface area contributed by atoms with Crippen LogP contribution >= 0.6 is 0 Å². The maximum atomic E-state index is 12.5. The highest BCUT2D eigenvalue weighted by Gasteiger charge is 1.87. The summed E-state index contributed by atoms with van der Waals surface area (Å²) < 4.78 is 12.5. The summed E-state index contributed by atoms with van der Waals surface area (Å²) in [6, 6.07) is 6.41. The SMILES string of the molecule is C=C/C=C/c1cccc(F)c1. The number of halogens is 1. The van der Waals surface area contributed by atoms with Gasteiger partial charge in [-0.25, -0.2) is 4.39 Å². The molecule has 0 aromatic heterocycles. The molecule has 0 nitrogen and oxygen atoms in total. The van der Waals surface area contributed by atoms with Gasteiger partial charge in [-0.05, 0) is 17.7 Å². The highest BCUT2D eigenvalue weighted by Crippen LogP contribution is 2.04. The van der Waals surface area contributed by atoms with Crippen molar-refractivity contribution in [3.05, 3.63) is 54.4 Å². The molecule has 0 radical (unpaired) electrons. The molecule has 56 valence electrons. The van der Waals surface area contributed by atoms with Gasteiger partial charge in [0, 0.05) is 0 Å². The summed E-state index contributed by atoms with van der Waals surface area (Å²) in [6.45, 7) is 3.52. The highest BCUT2D eigenvalue weighted by atomic mass is 19.1. The Labute approximate surface area is 65.7 Å². The Morgan fingerprint density at radius 2 is 2.18 bits per heavy atom. The summed E-state index contributed by atoms with van der Waals surface area (Å²) in [7, 11) is 0. The lowest BCUT2D eigenvalue weighted by Crippen LogP contribution is -1.74. The first-order valence-electron chi connectivity index (χ1n) is 3.37. The molecule has 11 heavy (non-hydrogen) atoms. The van der Waals surface area contributed by atoms with E-state index in [1.54, 1.807) is 24.3 Å². The number of rotatable bonds is 2. The first-order valence-corrected chi connectivity index (χ1v) is 3.37. The molecule has 0 bridgehead atoms. The van der Waals surface area contributed by atoms with Gasteiger partial charge in [0.05, 0.1) is 0 Å². The van der Waals surface area contributed by atoms with Crippen molar-refractivity contribution in [2.45, 2.75) is 0 Å². The van der Waals surface area contributed by atoms with Crippen LogP contribution in [0.4, 0.5) is 4.39 Å². The van der Waals surface area contributed by atoms with Crippen LogP contribution < -0.4 is 0 Å². The van der Waals surface area contributed by atoms with Crippen LogP contribution in [0.1, 0.15) is 5.56 Å². The normalized spacial score (nSPS) is 10.3. The zero-order valence-electron chi connectivity index (χ0n) is 6.13. The topological polar surface area (TPSA) is 0 Å². The van der Waals surface area contributed by atoms with E-state index >= 15 is 0 Å². The molecule has 0 unspecified atom stereocenters. The average Bonchev–Trinajstić information content (AvgIpc) is 2.01. The first-order chi connectivity index (χ1) is 5.33. The fourth-order valence-corrected chi connectivity index (χ4v) is 0.789. The monoisotopic (exact) mass is 148 g/mol. The number of hydrogen-bond acceptors (Lipinski definition) is 0. The van der Waals surface area contributed by atoms with Gasteiger partial charge in [-0.3, -0.25) is 0 Å². The Bertz CT molecular complexity index is 274. The van der Waals surface area contributed by atoms with E-state index in [1.165, 1.54) is 12.1 Å². The Morgan fingerprint density at radius 3 is 2.82 bits per heavy atom. The van der Waals surface area contributed by atoms with Crippen molar-refractivity contribution in [3.63, 3.8) is 0 Å². The predicted octanol–water partition coefficient (Wildman–Crippen LogP) is 3.02. The fourth-order valence-electron chi connectivity index (χ4n) is 0.789. The molecule has 0 amide bonds. The summed E-state index contributed by atoms with van der Waals surface area (Å²) in [5, 5.41) is 0. The van der Waals surface area contributed by atoms with Crippen LogP contribution in [0.3, 0.4) is 0 Å². The lowest BCUT2D eigenvalue weighted by Gasteiger charge is -1.90. The summed E-state index contributed by atoms with van der Waals surface area (Å²) in [6.07, 6.45) is 5.23. The quantitative estimate of drug-likeness (QED) is 0.565.